The van der Waals surface area contributed by atoms with Gasteiger partial charge in [0.15, 0.2) is 0 Å². The van der Waals surface area contributed by atoms with Crippen molar-refractivity contribution in [1.29, 1.82) is 0 Å². The molecule has 1 fully saturated rings. The first-order valence-corrected chi connectivity index (χ1v) is 11.7. The van der Waals surface area contributed by atoms with Crippen molar-refractivity contribution in [3.63, 3.8) is 0 Å². The van der Waals surface area contributed by atoms with Gasteiger partial charge in [0.2, 0.25) is 0 Å². The highest BCUT2D eigenvalue weighted by molar-refractivity contribution is 8.16. The fraction of sp³-hybridized carbons (Fsp3) is 0.214. The number of rotatable bonds is 4. The molecule has 1 saturated heterocycles. The summed E-state index contributed by atoms with van der Waals surface area (Å²) >= 11 is 1.89. The molecule has 0 N–H and O–H groups in total. The SMILES string of the molecule is C1=C(c2ccccc2)SC(c2ccccc2)=CC1(c1ccccc1)N1CCCCC1. The van der Waals surface area contributed by atoms with Crippen molar-refractivity contribution in [1.82, 2.24) is 4.90 Å². The largest absolute Gasteiger partial charge is 0.287 e. The lowest BCUT2D eigenvalue weighted by Gasteiger charge is -2.45. The molecule has 0 spiro atoms. The average molecular weight is 410 g/mol. The second-order valence-corrected chi connectivity index (χ2v) is 9.17. The number of nitrogens with zero attached hydrogens (tertiary/aromatic N) is 1. The van der Waals surface area contributed by atoms with E-state index < -0.39 is 0 Å². The Balaban J connectivity index is 1.72. The first-order valence-electron chi connectivity index (χ1n) is 10.9. The number of hydrogen-bond donors (Lipinski definition) is 0. The summed E-state index contributed by atoms with van der Waals surface area (Å²) in [6.07, 6.45) is 8.90. The summed E-state index contributed by atoms with van der Waals surface area (Å²) < 4.78 is 0. The third kappa shape index (κ3) is 3.78. The van der Waals surface area contributed by atoms with Crippen molar-refractivity contribution >= 4 is 21.6 Å². The Morgan fingerprint density at radius 1 is 0.567 bits per heavy atom. The lowest BCUT2D eigenvalue weighted by molar-refractivity contribution is 0.140. The molecule has 30 heavy (non-hydrogen) atoms. The smallest absolute Gasteiger partial charge is 0.0860 e. The van der Waals surface area contributed by atoms with Crippen LogP contribution in [0.3, 0.4) is 0 Å². The van der Waals surface area contributed by atoms with Crippen LogP contribution in [0, 0.1) is 0 Å². The van der Waals surface area contributed by atoms with E-state index in [9.17, 15) is 0 Å². The summed E-state index contributed by atoms with van der Waals surface area (Å²) in [5, 5.41) is 0. The van der Waals surface area contributed by atoms with Crippen LogP contribution in [0.5, 0.6) is 0 Å². The standard InChI is InChI=1S/C28H27NS/c1-5-13-23(14-6-1)26-21-28(25-17-9-3-10-18-25,29-19-11-4-12-20-29)22-27(30-26)24-15-7-2-8-16-24/h1-3,5-10,13-18,21-22H,4,11-12,19-20H2. The van der Waals surface area contributed by atoms with Crippen molar-refractivity contribution in [2.45, 2.75) is 24.8 Å². The van der Waals surface area contributed by atoms with Gasteiger partial charge in [0.25, 0.3) is 0 Å². The van der Waals surface area contributed by atoms with Gasteiger partial charge in [-0.3, -0.25) is 4.90 Å². The number of thioether (sulfide) groups is 1. The molecule has 1 nitrogen and oxygen atoms in total. The highest BCUT2D eigenvalue weighted by atomic mass is 32.2. The number of hydrogen-bond acceptors (Lipinski definition) is 2. The molecule has 3 aromatic carbocycles. The molecule has 0 amide bonds. The Morgan fingerprint density at radius 2 is 1.03 bits per heavy atom. The molecule has 0 bridgehead atoms. The van der Waals surface area contributed by atoms with Crippen LogP contribution >= 0.6 is 11.8 Å². The lowest BCUT2D eigenvalue weighted by atomic mass is 9.84. The Morgan fingerprint density at radius 3 is 1.53 bits per heavy atom. The van der Waals surface area contributed by atoms with Crippen LogP contribution < -0.4 is 0 Å². The molecule has 2 aliphatic rings. The van der Waals surface area contributed by atoms with Gasteiger partial charge >= 0.3 is 0 Å². The van der Waals surface area contributed by atoms with Gasteiger partial charge < -0.3 is 0 Å². The molecule has 5 rings (SSSR count). The summed E-state index contributed by atoms with van der Waals surface area (Å²) in [5.41, 5.74) is 3.72. The summed E-state index contributed by atoms with van der Waals surface area (Å²) in [6, 6.07) is 32.8. The molecule has 0 saturated carbocycles. The van der Waals surface area contributed by atoms with Gasteiger partial charge in [-0.1, -0.05) is 109 Å². The average Bonchev–Trinajstić information content (AvgIpc) is 2.86. The maximum Gasteiger partial charge on any atom is 0.0860 e. The zero-order valence-electron chi connectivity index (χ0n) is 17.2. The molecule has 150 valence electrons. The van der Waals surface area contributed by atoms with Crippen molar-refractivity contribution in [2.24, 2.45) is 0 Å². The minimum atomic E-state index is -0.219. The Kier molecular flexibility index (Phi) is 5.61. The van der Waals surface area contributed by atoms with Gasteiger partial charge in [-0.2, -0.15) is 0 Å². The van der Waals surface area contributed by atoms with Crippen molar-refractivity contribution in [3.8, 4) is 0 Å². The van der Waals surface area contributed by atoms with Crippen LogP contribution in [0.4, 0.5) is 0 Å². The fourth-order valence-electron chi connectivity index (χ4n) is 4.61. The van der Waals surface area contributed by atoms with Gasteiger partial charge in [-0.05, 0) is 54.8 Å². The van der Waals surface area contributed by atoms with Gasteiger partial charge in [-0.25, -0.2) is 0 Å². The van der Waals surface area contributed by atoms with E-state index in [1.54, 1.807) is 0 Å². The van der Waals surface area contributed by atoms with E-state index in [0.717, 1.165) is 13.1 Å². The molecular formula is C28H27NS. The second-order valence-electron chi connectivity index (χ2n) is 8.09. The molecule has 0 unspecified atom stereocenters. The fourth-order valence-corrected chi connectivity index (χ4v) is 5.83. The number of benzene rings is 3. The van der Waals surface area contributed by atoms with E-state index in [2.05, 4.69) is 108 Å². The minimum Gasteiger partial charge on any atom is -0.287 e. The van der Waals surface area contributed by atoms with Crippen LogP contribution in [0.25, 0.3) is 9.81 Å². The molecule has 0 aliphatic carbocycles. The molecule has 0 aromatic heterocycles. The zero-order chi connectivity index (χ0) is 20.2. The van der Waals surface area contributed by atoms with Gasteiger partial charge in [-0.15, -0.1) is 0 Å². The van der Waals surface area contributed by atoms with Crippen molar-refractivity contribution in [3.05, 3.63) is 120 Å². The van der Waals surface area contributed by atoms with Gasteiger partial charge in [0.05, 0.1) is 5.54 Å². The third-order valence-corrected chi connectivity index (χ3v) is 7.30. The van der Waals surface area contributed by atoms with Gasteiger partial charge in [0, 0.05) is 9.81 Å². The van der Waals surface area contributed by atoms with Crippen molar-refractivity contribution in [2.75, 3.05) is 13.1 Å². The van der Waals surface area contributed by atoms with Gasteiger partial charge in [0.1, 0.15) is 0 Å². The lowest BCUT2D eigenvalue weighted by Crippen LogP contribution is -2.47. The first kappa shape index (κ1) is 19.4. The Bertz CT molecular complexity index is 976. The maximum atomic E-state index is 2.69. The van der Waals surface area contributed by atoms with Crippen LogP contribution in [0.15, 0.2) is 103 Å². The summed E-state index contributed by atoms with van der Waals surface area (Å²) in [6.45, 7) is 2.27. The molecule has 2 aliphatic heterocycles. The summed E-state index contributed by atoms with van der Waals surface area (Å²) in [7, 11) is 0. The highest BCUT2D eigenvalue weighted by Crippen LogP contribution is 2.50. The highest BCUT2D eigenvalue weighted by Gasteiger charge is 2.39. The Labute approximate surface area is 184 Å². The van der Waals surface area contributed by atoms with E-state index in [1.165, 1.54) is 45.8 Å². The normalized spacial score (nSPS) is 19.1. The molecule has 2 heteroatoms. The predicted molar refractivity (Wildman–Crippen MR) is 130 cm³/mol. The van der Waals surface area contributed by atoms with E-state index in [1.807, 2.05) is 11.8 Å². The Hall–Kier alpha value is -2.55. The van der Waals surface area contributed by atoms with E-state index >= 15 is 0 Å². The van der Waals surface area contributed by atoms with E-state index in [-0.39, 0.29) is 5.54 Å². The summed E-state index contributed by atoms with van der Waals surface area (Å²) in [5.74, 6) is 0. The number of piperidine rings is 1. The topological polar surface area (TPSA) is 3.24 Å². The first-order chi connectivity index (χ1) is 14.9. The molecule has 2 heterocycles. The molecule has 0 atom stereocenters. The molecule has 3 aromatic rings. The zero-order valence-corrected chi connectivity index (χ0v) is 18.0. The summed E-state index contributed by atoms with van der Waals surface area (Å²) in [4.78, 5) is 5.37. The monoisotopic (exact) mass is 409 g/mol. The van der Waals surface area contributed by atoms with E-state index in [4.69, 9.17) is 0 Å². The van der Waals surface area contributed by atoms with Crippen LogP contribution in [0.2, 0.25) is 0 Å². The van der Waals surface area contributed by atoms with E-state index in [0.29, 0.717) is 0 Å². The predicted octanol–water partition coefficient (Wildman–Crippen LogP) is 7.20. The molecule has 0 radical (unpaired) electrons. The van der Waals surface area contributed by atoms with Crippen LogP contribution in [-0.4, -0.2) is 18.0 Å². The molecular weight excluding hydrogens is 382 g/mol. The maximum absolute atomic E-state index is 2.69. The third-order valence-electron chi connectivity index (χ3n) is 6.15. The van der Waals surface area contributed by atoms with Crippen LogP contribution in [-0.2, 0) is 5.54 Å². The van der Waals surface area contributed by atoms with Crippen LogP contribution in [0.1, 0.15) is 36.0 Å². The minimum absolute atomic E-state index is 0.219. The quantitative estimate of drug-likeness (QED) is 0.448. The number of likely N-dealkylation sites (tertiary alicyclic amines) is 1. The second kappa shape index (κ2) is 8.67. The van der Waals surface area contributed by atoms with Crippen molar-refractivity contribution < 1.29 is 0 Å².